The van der Waals surface area contributed by atoms with Crippen LogP contribution in [0, 0.1) is 6.07 Å². The second kappa shape index (κ2) is 17.6. The van der Waals surface area contributed by atoms with E-state index in [0.717, 1.165) is 72.8 Å². The van der Waals surface area contributed by atoms with Gasteiger partial charge >= 0.3 is 6.85 Å². The minimum absolute atomic E-state index is 0. The average Bonchev–Trinajstić information content (AvgIpc) is 3.65. The minimum atomic E-state index is -0.372. The third-order valence-corrected chi connectivity index (χ3v) is 13.1. The van der Waals surface area contributed by atoms with Crippen molar-refractivity contribution in [2.45, 2.75) is 105 Å². The van der Waals surface area contributed by atoms with E-state index in [1.807, 2.05) is 12.3 Å². The summed E-state index contributed by atoms with van der Waals surface area (Å²) in [5.41, 5.74) is 15.4. The maximum absolute atomic E-state index is 12.7. The van der Waals surface area contributed by atoms with Gasteiger partial charge in [-0.3, -0.25) is 4.57 Å². The monoisotopic (exact) mass is 1060 g/mol. The number of rotatable bonds is 6. The molecule has 342 valence electrons. The molecule has 0 saturated heterocycles. The van der Waals surface area contributed by atoms with E-state index in [4.69, 9.17) is 9.97 Å². The number of benzene rings is 5. The summed E-state index contributed by atoms with van der Waals surface area (Å²) in [5.74, 6) is 0.940. The first kappa shape index (κ1) is 47.5. The number of hydrogen-bond donors (Lipinski definition) is 1. The maximum Gasteiger partial charge on any atom is 0.331 e. The van der Waals surface area contributed by atoms with Gasteiger partial charge in [0.25, 0.3) is 0 Å². The Hall–Kier alpha value is -5.97. The fraction of sp³-hybridized carbons (Fsp3) is 0.267. The average molecular weight is 1060 g/mol. The van der Waals surface area contributed by atoms with Crippen molar-refractivity contribution in [3.63, 3.8) is 0 Å². The van der Waals surface area contributed by atoms with Crippen LogP contribution >= 0.6 is 0 Å². The Labute approximate surface area is 413 Å². The summed E-state index contributed by atoms with van der Waals surface area (Å²) in [4.78, 5) is 13.1. The fourth-order valence-corrected chi connectivity index (χ4v) is 9.16. The number of allylic oxidation sites excluding steroid dienone is 3. The Morgan fingerprint density at radius 2 is 1.22 bits per heavy atom. The molecule has 0 spiro atoms. The first-order chi connectivity index (χ1) is 31.2. The predicted octanol–water partition coefficient (Wildman–Crippen LogP) is 13.5. The van der Waals surface area contributed by atoms with Crippen LogP contribution in [0.4, 0.5) is 0 Å². The van der Waals surface area contributed by atoms with Gasteiger partial charge in [-0.15, -0.1) is 34.8 Å². The zero-order chi connectivity index (χ0) is 46.9. The van der Waals surface area contributed by atoms with Crippen LogP contribution < -0.4 is 11.1 Å². The van der Waals surface area contributed by atoms with E-state index >= 15 is 0 Å². The van der Waals surface area contributed by atoms with E-state index in [-0.39, 0.29) is 55.3 Å². The molecule has 0 radical (unpaired) electrons. The molecule has 0 aliphatic carbocycles. The summed E-state index contributed by atoms with van der Waals surface area (Å²) >= 11 is 0. The Bertz CT molecular complexity index is 3080. The van der Waals surface area contributed by atoms with Crippen molar-refractivity contribution in [1.29, 1.82) is 0 Å². The number of pyridine rings is 1. The smallest absolute Gasteiger partial charge is 0.331 e. The van der Waals surface area contributed by atoms with Gasteiger partial charge in [-0.25, -0.2) is 4.98 Å². The molecule has 0 fully saturated rings. The SMILES string of the molecule is CC(C)(C)c1cc(B2c3nc(-c4cc(C(C)(C)C)cc(C(C)(C)C)c4O)n(-c4ccc(C(C)(C)C)cc4-c4ccccc4)c3C=C3C=CC=CN23)[c-]c(-c2cc(-c3ccccc3)ccn2)c1.[Pt]. The standard InChI is InChI=1S/C60H62BN4O.Pt/c1-57(2,3)43-26-27-52(48(35-43)40-23-17-14-18-24-40)65-53-38-47-25-19-20-30-64(47)61(55(53)63-56(65)49-36-45(59(7,8)9)37-50(54(49)66)60(10,11)12)46-32-42(31-44(34-46)58(4,5)6)51-33-41(28-29-62-51)39-21-15-13-16-22-39;/h13-31,33-38,66H,1-12H3;/q-1;. The fourth-order valence-electron chi connectivity index (χ4n) is 9.16. The molecule has 7 aromatic rings. The number of imidazole rings is 1. The van der Waals surface area contributed by atoms with Crippen molar-refractivity contribution in [1.82, 2.24) is 19.3 Å². The van der Waals surface area contributed by atoms with Crippen LogP contribution in [0.2, 0.25) is 0 Å². The molecule has 5 nitrogen and oxygen atoms in total. The molecule has 1 N–H and O–H groups in total. The van der Waals surface area contributed by atoms with Gasteiger partial charge in [0, 0.05) is 44.1 Å². The quantitative estimate of drug-likeness (QED) is 0.133. The molecule has 0 unspecified atom stereocenters. The van der Waals surface area contributed by atoms with Gasteiger partial charge in [0.2, 0.25) is 0 Å². The van der Waals surface area contributed by atoms with Gasteiger partial charge in [0.15, 0.2) is 0 Å². The van der Waals surface area contributed by atoms with Crippen LogP contribution in [0.3, 0.4) is 0 Å². The van der Waals surface area contributed by atoms with Crippen molar-refractivity contribution in [2.24, 2.45) is 0 Å². The first-order valence-corrected chi connectivity index (χ1v) is 23.3. The molecule has 4 heterocycles. The molecule has 0 saturated carbocycles. The molecule has 2 aliphatic heterocycles. The largest absolute Gasteiger partial charge is 0.507 e. The van der Waals surface area contributed by atoms with Crippen LogP contribution in [-0.4, -0.2) is 31.3 Å². The van der Waals surface area contributed by atoms with Crippen molar-refractivity contribution < 1.29 is 26.2 Å². The van der Waals surface area contributed by atoms with E-state index in [1.54, 1.807) is 0 Å². The number of fused-ring (bicyclic) bond motifs is 2. The molecule has 9 rings (SSSR count). The van der Waals surface area contributed by atoms with Crippen molar-refractivity contribution in [2.75, 3.05) is 0 Å². The summed E-state index contributed by atoms with van der Waals surface area (Å²) in [5, 5.41) is 12.7. The second-order valence-electron chi connectivity index (χ2n) is 22.2. The van der Waals surface area contributed by atoms with Crippen LogP contribution in [0.15, 0.2) is 152 Å². The third kappa shape index (κ3) is 9.23. The van der Waals surface area contributed by atoms with Crippen molar-refractivity contribution in [3.8, 4) is 56.3 Å². The predicted molar refractivity (Wildman–Crippen MR) is 278 cm³/mol. The Morgan fingerprint density at radius 1 is 0.597 bits per heavy atom. The zero-order valence-corrected chi connectivity index (χ0v) is 43.3. The van der Waals surface area contributed by atoms with E-state index in [9.17, 15) is 5.11 Å². The van der Waals surface area contributed by atoms with Crippen LogP contribution in [-0.2, 0) is 42.7 Å². The normalized spacial score (nSPS) is 13.8. The Balaban J connectivity index is 0.00000608. The van der Waals surface area contributed by atoms with Gasteiger partial charge in [-0.2, -0.15) is 0 Å². The topological polar surface area (TPSA) is 54.2 Å². The molecule has 2 aliphatic rings. The zero-order valence-electron chi connectivity index (χ0n) is 41.1. The molecule has 2 aromatic heterocycles. The number of aromatic hydroxyl groups is 1. The van der Waals surface area contributed by atoms with Gasteiger partial charge in [0.05, 0.1) is 22.5 Å². The molecule has 67 heavy (non-hydrogen) atoms. The molecular weight excluding hydrogens is 999 g/mol. The van der Waals surface area contributed by atoms with Gasteiger partial charge < -0.3 is 14.9 Å². The third-order valence-electron chi connectivity index (χ3n) is 13.1. The molecule has 7 heteroatoms. The van der Waals surface area contributed by atoms with E-state index < -0.39 is 0 Å². The summed E-state index contributed by atoms with van der Waals surface area (Å²) in [6.07, 6.45) is 12.7. The van der Waals surface area contributed by atoms with Gasteiger partial charge in [-0.1, -0.05) is 168 Å². The molecule has 0 amide bonds. The van der Waals surface area contributed by atoms with E-state index in [2.05, 4.69) is 238 Å². The van der Waals surface area contributed by atoms with Crippen molar-refractivity contribution in [3.05, 3.63) is 186 Å². The van der Waals surface area contributed by atoms with Gasteiger partial charge in [-0.05, 0) is 104 Å². The second-order valence-corrected chi connectivity index (χ2v) is 22.2. The number of aromatic nitrogens is 3. The summed E-state index contributed by atoms with van der Waals surface area (Å²) in [6.45, 7) is 26.5. The number of phenols is 1. The summed E-state index contributed by atoms with van der Waals surface area (Å²) in [7, 11) is 0. The Kier molecular flexibility index (Phi) is 12.5. The van der Waals surface area contributed by atoms with Crippen LogP contribution in [0.5, 0.6) is 5.75 Å². The summed E-state index contributed by atoms with van der Waals surface area (Å²) < 4.78 is 2.32. The molecule has 0 atom stereocenters. The molecular formula is C60H62BN4OPt-. The number of hydrogen-bond acceptors (Lipinski definition) is 4. The molecule has 5 aromatic carbocycles. The molecule has 0 bridgehead atoms. The summed E-state index contributed by atoms with van der Waals surface area (Å²) in [6, 6.07) is 45.1. The Morgan fingerprint density at radius 3 is 1.87 bits per heavy atom. The van der Waals surface area contributed by atoms with Crippen LogP contribution in [0.25, 0.3) is 56.7 Å². The minimum Gasteiger partial charge on any atom is -0.507 e. The van der Waals surface area contributed by atoms with Crippen molar-refractivity contribution >= 4 is 24.0 Å². The number of nitrogens with zero attached hydrogens (tertiary/aromatic N) is 4. The first-order valence-electron chi connectivity index (χ1n) is 23.3. The van der Waals surface area contributed by atoms with E-state index in [0.29, 0.717) is 11.4 Å². The van der Waals surface area contributed by atoms with Gasteiger partial charge in [0.1, 0.15) is 11.6 Å². The van der Waals surface area contributed by atoms with E-state index in [1.165, 1.54) is 11.1 Å². The van der Waals surface area contributed by atoms with Crippen LogP contribution in [0.1, 0.15) is 111 Å². The number of phenolic OH excluding ortho intramolecular Hbond substituents is 1. The maximum atomic E-state index is 12.7.